The quantitative estimate of drug-likeness (QED) is 0.531. The maximum atomic E-state index is 13.4. The van der Waals surface area contributed by atoms with Crippen molar-refractivity contribution in [3.05, 3.63) is 51.9 Å². The van der Waals surface area contributed by atoms with E-state index >= 15 is 0 Å². The molecule has 9 heteroatoms. The number of nitrogens with one attached hydrogen (secondary N) is 2. The Bertz CT molecular complexity index is 1100. The van der Waals surface area contributed by atoms with Crippen LogP contribution in [-0.2, 0) is 26.3 Å². The number of fused-ring (bicyclic) bond motifs is 2. The van der Waals surface area contributed by atoms with E-state index in [1.54, 1.807) is 19.9 Å². The van der Waals surface area contributed by atoms with Gasteiger partial charge in [0.25, 0.3) is 5.91 Å². The first kappa shape index (κ1) is 22.0. The maximum absolute atomic E-state index is 13.4. The Labute approximate surface area is 189 Å². The summed E-state index contributed by atoms with van der Waals surface area (Å²) in [5, 5.41) is 6.02. The van der Waals surface area contributed by atoms with E-state index in [4.69, 9.17) is 4.74 Å². The van der Waals surface area contributed by atoms with E-state index in [-0.39, 0.29) is 6.61 Å². The van der Waals surface area contributed by atoms with Gasteiger partial charge in [-0.1, -0.05) is 24.3 Å². The molecular weight excluding hydrogens is 430 g/mol. The zero-order chi connectivity index (χ0) is 22.9. The molecule has 2 aliphatic rings. The van der Waals surface area contributed by atoms with E-state index < -0.39 is 35.9 Å². The van der Waals surface area contributed by atoms with Gasteiger partial charge in [-0.3, -0.25) is 14.5 Å². The van der Waals surface area contributed by atoms with Crippen molar-refractivity contribution >= 4 is 40.2 Å². The van der Waals surface area contributed by atoms with Crippen molar-refractivity contribution in [2.45, 2.75) is 45.1 Å². The van der Waals surface area contributed by atoms with E-state index in [1.165, 1.54) is 0 Å². The van der Waals surface area contributed by atoms with E-state index in [0.717, 1.165) is 46.6 Å². The molecule has 2 heterocycles. The standard InChI is InChI=1S/C23H25N3O5S/c1-3-31-20(28)19-14(2)12-18(32-19)24-17(27)13-26-21(29)23(25-22(26)30)11-7-6-9-15-8-4-5-10-16(15)23/h4-5,8,10,12H,3,6-7,9,11,13H2,1-2H3,(H,24,27)(H,25,30). The number of urea groups is 1. The molecule has 4 rings (SSSR count). The van der Waals surface area contributed by atoms with Crippen LogP contribution in [0.15, 0.2) is 30.3 Å². The van der Waals surface area contributed by atoms with Crippen LogP contribution in [0.5, 0.6) is 0 Å². The normalized spacial score (nSPS) is 20.0. The number of esters is 1. The molecule has 1 aliphatic carbocycles. The smallest absolute Gasteiger partial charge is 0.348 e. The summed E-state index contributed by atoms with van der Waals surface area (Å²) in [5.74, 6) is -1.36. The van der Waals surface area contributed by atoms with Crippen molar-refractivity contribution in [3.8, 4) is 0 Å². The van der Waals surface area contributed by atoms with Crippen LogP contribution >= 0.6 is 11.3 Å². The number of ether oxygens (including phenoxy) is 1. The van der Waals surface area contributed by atoms with Gasteiger partial charge in [-0.15, -0.1) is 11.3 Å². The number of thiophene rings is 1. The maximum Gasteiger partial charge on any atom is 0.348 e. The molecule has 1 aromatic heterocycles. The number of carbonyl (C=O) groups is 4. The largest absolute Gasteiger partial charge is 0.462 e. The van der Waals surface area contributed by atoms with Crippen LogP contribution in [-0.4, -0.2) is 41.9 Å². The number of anilines is 1. The van der Waals surface area contributed by atoms with E-state index in [1.807, 2.05) is 24.3 Å². The fourth-order valence-electron chi connectivity index (χ4n) is 4.38. The van der Waals surface area contributed by atoms with Crippen LogP contribution in [0.3, 0.4) is 0 Å². The third-order valence-electron chi connectivity index (χ3n) is 5.84. The molecule has 1 atom stereocenters. The highest BCUT2D eigenvalue weighted by Gasteiger charge is 2.53. The van der Waals surface area contributed by atoms with Gasteiger partial charge in [0.2, 0.25) is 5.91 Å². The summed E-state index contributed by atoms with van der Waals surface area (Å²) in [6.45, 7) is 3.33. The monoisotopic (exact) mass is 455 g/mol. The molecule has 1 aliphatic heterocycles. The molecule has 0 radical (unpaired) electrons. The fourth-order valence-corrected chi connectivity index (χ4v) is 5.36. The third kappa shape index (κ3) is 3.88. The van der Waals surface area contributed by atoms with Crippen molar-refractivity contribution in [2.24, 2.45) is 0 Å². The lowest BCUT2D eigenvalue weighted by Gasteiger charge is -2.27. The lowest BCUT2D eigenvalue weighted by molar-refractivity contribution is -0.134. The summed E-state index contributed by atoms with van der Waals surface area (Å²) >= 11 is 1.10. The van der Waals surface area contributed by atoms with Crippen LogP contribution in [0, 0.1) is 6.92 Å². The van der Waals surface area contributed by atoms with E-state index in [0.29, 0.717) is 21.9 Å². The average Bonchev–Trinajstić information content (AvgIpc) is 3.15. The third-order valence-corrected chi connectivity index (χ3v) is 6.98. The summed E-state index contributed by atoms with van der Waals surface area (Å²) in [7, 11) is 0. The zero-order valence-electron chi connectivity index (χ0n) is 18.0. The number of rotatable bonds is 5. The molecule has 4 amide bonds. The Morgan fingerprint density at radius 3 is 2.81 bits per heavy atom. The van der Waals surface area contributed by atoms with Gasteiger partial charge in [0.1, 0.15) is 17.0 Å². The zero-order valence-corrected chi connectivity index (χ0v) is 18.8. The summed E-state index contributed by atoms with van der Waals surface area (Å²) in [4.78, 5) is 52.2. The minimum absolute atomic E-state index is 0.259. The van der Waals surface area contributed by atoms with Crippen LogP contribution < -0.4 is 10.6 Å². The molecule has 0 saturated carbocycles. The first-order valence-electron chi connectivity index (χ1n) is 10.7. The minimum Gasteiger partial charge on any atom is -0.462 e. The molecule has 1 fully saturated rings. The second kappa shape index (κ2) is 8.74. The molecule has 32 heavy (non-hydrogen) atoms. The second-order valence-electron chi connectivity index (χ2n) is 7.98. The number of hydrogen-bond acceptors (Lipinski definition) is 6. The minimum atomic E-state index is -1.12. The second-order valence-corrected chi connectivity index (χ2v) is 9.03. The Morgan fingerprint density at radius 2 is 2.03 bits per heavy atom. The van der Waals surface area contributed by atoms with Gasteiger partial charge in [0.05, 0.1) is 11.6 Å². The van der Waals surface area contributed by atoms with Crippen molar-refractivity contribution < 1.29 is 23.9 Å². The van der Waals surface area contributed by atoms with Crippen molar-refractivity contribution in [1.82, 2.24) is 10.2 Å². The van der Waals surface area contributed by atoms with Crippen LogP contribution in [0.25, 0.3) is 0 Å². The Hall–Kier alpha value is -3.20. The highest BCUT2D eigenvalue weighted by atomic mass is 32.1. The van der Waals surface area contributed by atoms with Crippen LogP contribution in [0.4, 0.5) is 9.80 Å². The number of imide groups is 1. The predicted octanol–water partition coefficient (Wildman–Crippen LogP) is 3.35. The molecule has 0 bridgehead atoms. The molecule has 1 unspecified atom stereocenters. The van der Waals surface area contributed by atoms with Gasteiger partial charge in [0.15, 0.2) is 0 Å². The van der Waals surface area contributed by atoms with E-state index in [2.05, 4.69) is 10.6 Å². The highest BCUT2D eigenvalue weighted by molar-refractivity contribution is 7.18. The lowest BCUT2D eigenvalue weighted by Crippen LogP contribution is -2.44. The summed E-state index contributed by atoms with van der Waals surface area (Å²) in [6, 6.07) is 8.75. The summed E-state index contributed by atoms with van der Waals surface area (Å²) < 4.78 is 5.02. The first-order valence-corrected chi connectivity index (χ1v) is 11.5. The molecule has 2 N–H and O–H groups in total. The van der Waals surface area contributed by atoms with Crippen LogP contribution in [0.2, 0.25) is 0 Å². The van der Waals surface area contributed by atoms with Gasteiger partial charge in [-0.05, 0) is 62.3 Å². The molecule has 168 valence electrons. The van der Waals surface area contributed by atoms with Gasteiger partial charge >= 0.3 is 12.0 Å². The molecule has 1 aromatic carbocycles. The number of hydrogen-bond donors (Lipinski definition) is 2. The molecule has 1 saturated heterocycles. The Kier molecular flexibility index (Phi) is 6.01. The van der Waals surface area contributed by atoms with Gasteiger partial charge < -0.3 is 15.4 Å². The number of amides is 4. The molecular formula is C23H25N3O5S. The number of aryl methyl sites for hydroxylation is 2. The number of carbonyl (C=O) groups excluding carboxylic acids is 4. The first-order chi connectivity index (χ1) is 15.4. The fraction of sp³-hybridized carbons (Fsp3) is 0.391. The van der Waals surface area contributed by atoms with Crippen LogP contribution in [0.1, 0.15) is 52.5 Å². The summed E-state index contributed by atoms with van der Waals surface area (Å²) in [6.07, 6.45) is 3.08. The van der Waals surface area contributed by atoms with Gasteiger partial charge in [-0.25, -0.2) is 9.59 Å². The van der Waals surface area contributed by atoms with Crippen molar-refractivity contribution in [2.75, 3.05) is 18.5 Å². The number of benzene rings is 1. The predicted molar refractivity (Wildman–Crippen MR) is 120 cm³/mol. The summed E-state index contributed by atoms with van der Waals surface area (Å²) in [5.41, 5.74) is 1.42. The topological polar surface area (TPSA) is 105 Å². The molecule has 2 aromatic rings. The lowest BCUT2D eigenvalue weighted by atomic mass is 9.84. The van der Waals surface area contributed by atoms with Gasteiger partial charge in [0, 0.05) is 0 Å². The molecule has 1 spiro atoms. The highest BCUT2D eigenvalue weighted by Crippen LogP contribution is 2.39. The van der Waals surface area contributed by atoms with Gasteiger partial charge in [-0.2, -0.15) is 0 Å². The number of nitrogens with zero attached hydrogens (tertiary/aromatic N) is 1. The SMILES string of the molecule is CCOC(=O)c1sc(NC(=O)CN2C(=O)NC3(CCCCc4ccccc43)C2=O)cc1C. The Morgan fingerprint density at radius 1 is 1.25 bits per heavy atom. The average molecular weight is 456 g/mol. The molecule has 8 nitrogen and oxygen atoms in total. The van der Waals surface area contributed by atoms with E-state index in [9.17, 15) is 19.2 Å². The Balaban J connectivity index is 1.51. The van der Waals surface area contributed by atoms with Crippen molar-refractivity contribution in [1.29, 1.82) is 0 Å². The van der Waals surface area contributed by atoms with Crippen molar-refractivity contribution in [3.63, 3.8) is 0 Å².